The Morgan fingerprint density at radius 2 is 2.09 bits per heavy atom. The Morgan fingerprint density at radius 3 is 2.55 bits per heavy atom. The van der Waals surface area contributed by atoms with E-state index in [1.165, 1.54) is 4.90 Å². The number of hydrogen-bond acceptors (Lipinski definition) is 1. The molecule has 66 valence electrons. The zero-order valence-corrected chi connectivity index (χ0v) is 7.95. The van der Waals surface area contributed by atoms with Crippen molar-refractivity contribution in [3.05, 3.63) is 0 Å². The second-order valence-corrected chi connectivity index (χ2v) is 2.79. The first-order chi connectivity index (χ1) is 5.22. The monoisotopic (exact) mass is 198 g/mol. The van der Waals surface area contributed by atoms with E-state index < -0.39 is 0 Å². The van der Waals surface area contributed by atoms with Crippen molar-refractivity contribution in [2.45, 2.75) is 0 Å². The number of hydrogen-bond donors (Lipinski definition) is 1. The lowest BCUT2D eigenvalue weighted by molar-refractivity contribution is 0.212. The molecule has 0 aliphatic rings. The number of urea groups is 1. The van der Waals surface area contributed by atoms with Crippen LogP contribution in [0.4, 0.5) is 4.79 Å². The first-order valence-corrected chi connectivity index (χ1v) is 4.40. The first kappa shape index (κ1) is 10.8. The van der Waals surface area contributed by atoms with E-state index in [4.69, 9.17) is 23.2 Å². The lowest BCUT2D eigenvalue weighted by Gasteiger charge is -2.15. The van der Waals surface area contributed by atoms with E-state index in [0.29, 0.717) is 24.8 Å². The summed E-state index contributed by atoms with van der Waals surface area (Å²) in [5.74, 6) is 0.880. The van der Waals surface area contributed by atoms with E-state index in [0.717, 1.165) is 0 Å². The van der Waals surface area contributed by atoms with Crippen molar-refractivity contribution in [2.75, 3.05) is 31.9 Å². The SMILES string of the molecule is CN(CCCl)C(=O)NCCCl. The van der Waals surface area contributed by atoms with Crippen LogP contribution in [0.15, 0.2) is 0 Å². The highest BCUT2D eigenvalue weighted by molar-refractivity contribution is 6.18. The van der Waals surface area contributed by atoms with Gasteiger partial charge in [-0.25, -0.2) is 4.79 Å². The van der Waals surface area contributed by atoms with Crippen LogP contribution in [-0.2, 0) is 0 Å². The number of amides is 2. The molecule has 1 N–H and O–H groups in total. The molecule has 0 rings (SSSR count). The Bertz CT molecular complexity index is 121. The van der Waals surface area contributed by atoms with Crippen LogP contribution in [0.25, 0.3) is 0 Å². The number of nitrogens with one attached hydrogen (secondary N) is 1. The molecule has 11 heavy (non-hydrogen) atoms. The van der Waals surface area contributed by atoms with Crippen LogP contribution < -0.4 is 5.32 Å². The van der Waals surface area contributed by atoms with Gasteiger partial charge in [-0.05, 0) is 0 Å². The maximum atomic E-state index is 11.0. The largest absolute Gasteiger partial charge is 0.337 e. The fourth-order valence-electron chi connectivity index (χ4n) is 0.517. The summed E-state index contributed by atoms with van der Waals surface area (Å²) in [6.07, 6.45) is 0. The highest BCUT2D eigenvalue weighted by atomic mass is 35.5. The minimum atomic E-state index is -0.133. The molecule has 3 nitrogen and oxygen atoms in total. The molecule has 0 aromatic rings. The molecule has 0 aromatic carbocycles. The summed E-state index contributed by atoms with van der Waals surface area (Å²) < 4.78 is 0. The van der Waals surface area contributed by atoms with Gasteiger partial charge in [0.05, 0.1) is 0 Å². The number of halogens is 2. The maximum Gasteiger partial charge on any atom is 0.317 e. The topological polar surface area (TPSA) is 32.3 Å². The molecule has 5 heteroatoms. The van der Waals surface area contributed by atoms with E-state index in [9.17, 15) is 4.79 Å². The molecule has 0 aliphatic heterocycles. The highest BCUT2D eigenvalue weighted by Gasteiger charge is 2.04. The summed E-state index contributed by atoms with van der Waals surface area (Å²) in [5.41, 5.74) is 0. The normalized spacial score (nSPS) is 9.36. The Kier molecular flexibility index (Phi) is 6.46. The molecule has 0 aliphatic carbocycles. The van der Waals surface area contributed by atoms with Gasteiger partial charge in [0, 0.05) is 31.9 Å². The van der Waals surface area contributed by atoms with Crippen LogP contribution in [0.5, 0.6) is 0 Å². The quantitative estimate of drug-likeness (QED) is 0.675. The first-order valence-electron chi connectivity index (χ1n) is 3.33. The van der Waals surface area contributed by atoms with E-state index in [1.807, 2.05) is 0 Å². The van der Waals surface area contributed by atoms with Gasteiger partial charge < -0.3 is 10.2 Å². The third kappa shape index (κ3) is 5.16. The molecule has 0 radical (unpaired) electrons. The number of carbonyl (C=O) groups excluding carboxylic acids is 1. The van der Waals surface area contributed by atoms with Gasteiger partial charge >= 0.3 is 6.03 Å². The Balaban J connectivity index is 3.47. The fourth-order valence-corrected chi connectivity index (χ4v) is 0.865. The molecule has 0 heterocycles. The molecular formula is C6H12Cl2N2O. The number of rotatable bonds is 4. The molecule has 0 aromatic heterocycles. The summed E-state index contributed by atoms with van der Waals surface area (Å²) in [6, 6.07) is -0.133. The summed E-state index contributed by atoms with van der Waals surface area (Å²) >= 11 is 10.8. The third-order valence-electron chi connectivity index (χ3n) is 1.14. The van der Waals surface area contributed by atoms with Gasteiger partial charge in [0.2, 0.25) is 0 Å². The standard InChI is InChI=1S/C6H12Cl2N2O/c1-10(5-3-8)6(11)9-4-2-7/h2-5H2,1H3,(H,9,11). The summed E-state index contributed by atoms with van der Waals surface area (Å²) in [4.78, 5) is 12.5. The number of nitrogens with zero attached hydrogens (tertiary/aromatic N) is 1. The van der Waals surface area contributed by atoms with E-state index >= 15 is 0 Å². The predicted octanol–water partition coefficient (Wildman–Crippen LogP) is 1.11. The second kappa shape index (κ2) is 6.55. The van der Waals surface area contributed by atoms with Gasteiger partial charge in [0.15, 0.2) is 0 Å². The van der Waals surface area contributed by atoms with Crippen molar-refractivity contribution < 1.29 is 4.79 Å². The van der Waals surface area contributed by atoms with Crippen LogP contribution in [-0.4, -0.2) is 42.8 Å². The summed E-state index contributed by atoms with van der Waals surface area (Å²) in [5, 5.41) is 2.61. The second-order valence-electron chi connectivity index (χ2n) is 2.03. The van der Waals surface area contributed by atoms with Crippen LogP contribution in [0, 0.1) is 0 Å². The van der Waals surface area contributed by atoms with Crippen LogP contribution >= 0.6 is 23.2 Å². The van der Waals surface area contributed by atoms with Gasteiger partial charge in [-0.2, -0.15) is 0 Å². The van der Waals surface area contributed by atoms with Gasteiger partial charge in [-0.1, -0.05) is 0 Å². The molecule has 0 unspecified atom stereocenters. The van der Waals surface area contributed by atoms with E-state index in [1.54, 1.807) is 7.05 Å². The smallest absolute Gasteiger partial charge is 0.317 e. The molecule has 0 saturated carbocycles. The third-order valence-corrected chi connectivity index (χ3v) is 1.50. The van der Waals surface area contributed by atoms with Crippen LogP contribution in [0.1, 0.15) is 0 Å². The number of carbonyl (C=O) groups is 1. The molecule has 2 amide bonds. The van der Waals surface area contributed by atoms with Crippen LogP contribution in [0.3, 0.4) is 0 Å². The summed E-state index contributed by atoms with van der Waals surface area (Å²) in [7, 11) is 1.69. The minimum absolute atomic E-state index is 0.133. The van der Waals surface area contributed by atoms with Gasteiger partial charge in [0.25, 0.3) is 0 Å². The average Bonchev–Trinajstić information content (AvgIpc) is 2.00. The van der Waals surface area contributed by atoms with Gasteiger partial charge in [-0.15, -0.1) is 23.2 Å². The van der Waals surface area contributed by atoms with E-state index in [-0.39, 0.29) is 6.03 Å². The Hall–Kier alpha value is -0.150. The lowest BCUT2D eigenvalue weighted by atomic mass is 10.6. The molecular weight excluding hydrogens is 187 g/mol. The predicted molar refractivity (Wildman–Crippen MR) is 47.5 cm³/mol. The number of alkyl halides is 2. The molecule has 0 atom stereocenters. The van der Waals surface area contributed by atoms with Crippen molar-refractivity contribution in [3.63, 3.8) is 0 Å². The van der Waals surface area contributed by atoms with Crippen molar-refractivity contribution in [1.82, 2.24) is 10.2 Å². The molecule has 0 fully saturated rings. The zero-order chi connectivity index (χ0) is 8.69. The molecule has 0 bridgehead atoms. The minimum Gasteiger partial charge on any atom is -0.337 e. The Morgan fingerprint density at radius 1 is 1.45 bits per heavy atom. The van der Waals surface area contributed by atoms with Crippen molar-refractivity contribution in [1.29, 1.82) is 0 Å². The summed E-state index contributed by atoms with van der Waals surface area (Å²) in [6.45, 7) is 1.04. The van der Waals surface area contributed by atoms with Gasteiger partial charge in [-0.3, -0.25) is 0 Å². The zero-order valence-electron chi connectivity index (χ0n) is 6.44. The molecule has 0 spiro atoms. The van der Waals surface area contributed by atoms with E-state index in [2.05, 4.69) is 5.32 Å². The Labute approximate surface area is 76.6 Å². The van der Waals surface area contributed by atoms with Gasteiger partial charge in [0.1, 0.15) is 0 Å². The maximum absolute atomic E-state index is 11.0. The van der Waals surface area contributed by atoms with Crippen LogP contribution in [0.2, 0.25) is 0 Å². The fraction of sp³-hybridized carbons (Fsp3) is 0.833. The lowest BCUT2D eigenvalue weighted by Crippen LogP contribution is -2.39. The highest BCUT2D eigenvalue weighted by Crippen LogP contribution is 1.85. The average molecular weight is 199 g/mol. The molecule has 0 saturated heterocycles. The van der Waals surface area contributed by atoms with Crippen molar-refractivity contribution in [2.24, 2.45) is 0 Å². The van der Waals surface area contributed by atoms with Crippen molar-refractivity contribution in [3.8, 4) is 0 Å². The van der Waals surface area contributed by atoms with Crippen molar-refractivity contribution >= 4 is 29.2 Å².